The lowest BCUT2D eigenvalue weighted by Gasteiger charge is -2.61. The number of hydrogen-bond donors (Lipinski definition) is 2. The van der Waals surface area contributed by atoms with Gasteiger partial charge in [-0.1, -0.05) is 19.1 Å². The molecule has 4 atom stereocenters. The van der Waals surface area contributed by atoms with Crippen LogP contribution in [0.3, 0.4) is 0 Å². The summed E-state index contributed by atoms with van der Waals surface area (Å²) in [5, 5.41) is 8.19. The highest BCUT2D eigenvalue weighted by molar-refractivity contribution is 6.02. The second-order valence-corrected chi connectivity index (χ2v) is 7.97. The molecule has 134 valence electrons. The maximum atomic E-state index is 12.8. The number of anilines is 1. The minimum Gasteiger partial charge on any atom is -0.362 e. The molecule has 5 rings (SSSR count). The minimum atomic E-state index is -0.457. The predicted octanol–water partition coefficient (Wildman–Crippen LogP) is 2.38. The number of amides is 2. The number of nitrogens with one attached hydrogen (secondary N) is 2. The molecule has 6 heteroatoms. The number of hydrogen-bond acceptors (Lipinski definition) is 4. The van der Waals surface area contributed by atoms with Crippen molar-refractivity contribution in [2.24, 2.45) is 17.3 Å². The van der Waals surface area contributed by atoms with Crippen LogP contribution < -0.4 is 10.6 Å². The van der Waals surface area contributed by atoms with E-state index in [1.54, 1.807) is 7.05 Å². The van der Waals surface area contributed by atoms with Gasteiger partial charge in [-0.15, -0.1) is 0 Å². The van der Waals surface area contributed by atoms with Crippen molar-refractivity contribution < 1.29 is 14.4 Å². The van der Waals surface area contributed by atoms with Crippen LogP contribution in [0, 0.1) is 17.3 Å². The Labute approximate surface area is 147 Å². The molecule has 0 aromatic heterocycles. The van der Waals surface area contributed by atoms with Gasteiger partial charge in [-0.3, -0.25) is 14.4 Å². The molecule has 6 nitrogen and oxygen atoms in total. The average Bonchev–Trinajstić information content (AvgIpc) is 2.60. The molecule has 0 unspecified atom stereocenters. The largest absolute Gasteiger partial charge is 0.362 e. The Bertz CT molecular complexity index is 736. The van der Waals surface area contributed by atoms with Crippen LogP contribution in [0.2, 0.25) is 0 Å². The normalized spacial score (nSPS) is 35.7. The van der Waals surface area contributed by atoms with Crippen molar-refractivity contribution in [2.45, 2.75) is 38.3 Å². The Morgan fingerprint density at radius 2 is 2.08 bits per heavy atom. The predicted molar refractivity (Wildman–Crippen MR) is 93.6 cm³/mol. The zero-order chi connectivity index (χ0) is 17.8. The highest BCUT2D eigenvalue weighted by Crippen LogP contribution is 2.58. The summed E-state index contributed by atoms with van der Waals surface area (Å²) in [7, 11) is 3.18. The van der Waals surface area contributed by atoms with Gasteiger partial charge >= 0.3 is 0 Å². The van der Waals surface area contributed by atoms with Crippen LogP contribution in [0.1, 0.15) is 43.0 Å². The van der Waals surface area contributed by atoms with Gasteiger partial charge in [0.25, 0.3) is 5.91 Å². The van der Waals surface area contributed by atoms with Crippen molar-refractivity contribution in [3.05, 3.63) is 29.8 Å². The van der Waals surface area contributed by atoms with Gasteiger partial charge in [0, 0.05) is 24.6 Å². The summed E-state index contributed by atoms with van der Waals surface area (Å²) < 4.78 is 0. The van der Waals surface area contributed by atoms with Crippen LogP contribution in [-0.2, 0) is 9.63 Å². The third-order valence-electron chi connectivity index (χ3n) is 6.55. The van der Waals surface area contributed by atoms with E-state index in [2.05, 4.69) is 17.6 Å². The molecular formula is C19H25N3O3. The van der Waals surface area contributed by atoms with E-state index in [0.29, 0.717) is 5.56 Å². The molecule has 4 aliphatic rings. The van der Waals surface area contributed by atoms with Gasteiger partial charge < -0.3 is 10.6 Å². The summed E-state index contributed by atoms with van der Waals surface area (Å²) >= 11 is 0. The summed E-state index contributed by atoms with van der Waals surface area (Å²) in [6, 6.07) is 7.62. The zero-order valence-electron chi connectivity index (χ0n) is 15.0. The fourth-order valence-electron chi connectivity index (χ4n) is 5.14. The SMILES string of the molecule is CON(C)C(=O)[C@H]1C[C@H]2CC[C@@]1(C)C[C@]21NC(=O)c2ccccc2N1. The topological polar surface area (TPSA) is 70.7 Å². The Morgan fingerprint density at radius 1 is 1.32 bits per heavy atom. The number of hydroxylamine groups is 2. The standard InChI is InChI=1S/C19H25N3O3/c1-18-9-8-12(10-14(18)17(24)22(2)25-3)19(11-18)20-15-7-5-4-6-13(15)16(23)21-19/h4-7,12,14,20H,8-11H2,1-3H3,(H,21,23)/t12-,14-,18+,19+/m1/s1. The number of para-hydroxylation sites is 1. The minimum absolute atomic E-state index is 0.0256. The fourth-order valence-corrected chi connectivity index (χ4v) is 5.14. The summed E-state index contributed by atoms with van der Waals surface area (Å²) in [6.07, 6.45) is 3.51. The highest BCUT2D eigenvalue weighted by Gasteiger charge is 2.60. The first-order valence-electron chi connectivity index (χ1n) is 8.90. The number of benzene rings is 1. The van der Waals surface area contributed by atoms with Crippen LogP contribution in [0.4, 0.5) is 5.69 Å². The Hall–Kier alpha value is -2.08. The molecule has 2 N–H and O–H groups in total. The van der Waals surface area contributed by atoms with Crippen molar-refractivity contribution in [3.63, 3.8) is 0 Å². The van der Waals surface area contributed by atoms with E-state index in [1.165, 1.54) is 12.2 Å². The molecule has 1 aliphatic heterocycles. The lowest BCUT2D eigenvalue weighted by molar-refractivity contribution is -0.186. The summed E-state index contributed by atoms with van der Waals surface area (Å²) in [5.74, 6) is 0.165. The van der Waals surface area contributed by atoms with E-state index in [-0.39, 0.29) is 29.1 Å². The molecule has 3 fully saturated rings. The molecule has 2 amide bonds. The molecular weight excluding hydrogens is 318 g/mol. The second kappa shape index (κ2) is 5.46. The fraction of sp³-hybridized carbons (Fsp3) is 0.579. The van der Waals surface area contributed by atoms with Crippen molar-refractivity contribution >= 4 is 17.5 Å². The zero-order valence-corrected chi connectivity index (χ0v) is 15.0. The first-order valence-corrected chi connectivity index (χ1v) is 8.90. The van der Waals surface area contributed by atoms with Crippen molar-refractivity contribution in [2.75, 3.05) is 19.5 Å². The van der Waals surface area contributed by atoms with E-state index in [4.69, 9.17) is 4.84 Å². The first kappa shape index (κ1) is 16.4. The summed E-state index contributed by atoms with van der Waals surface area (Å²) in [4.78, 5) is 30.5. The first-order chi connectivity index (χ1) is 11.9. The maximum absolute atomic E-state index is 12.8. The average molecular weight is 343 g/mol. The Morgan fingerprint density at radius 3 is 2.80 bits per heavy atom. The quantitative estimate of drug-likeness (QED) is 0.809. The lowest BCUT2D eigenvalue weighted by Crippen LogP contribution is -2.70. The molecule has 2 bridgehead atoms. The molecule has 1 spiro atoms. The molecule has 3 aliphatic carbocycles. The number of fused-ring (bicyclic) bond motifs is 3. The van der Waals surface area contributed by atoms with Crippen molar-refractivity contribution in [1.82, 2.24) is 10.4 Å². The van der Waals surface area contributed by atoms with Gasteiger partial charge in [-0.2, -0.15) is 0 Å². The third-order valence-corrected chi connectivity index (χ3v) is 6.55. The summed E-state index contributed by atoms with van der Waals surface area (Å²) in [5.41, 5.74) is 0.956. The van der Waals surface area contributed by atoms with Gasteiger partial charge in [0.2, 0.25) is 5.91 Å². The van der Waals surface area contributed by atoms with Crippen LogP contribution in [0.5, 0.6) is 0 Å². The van der Waals surface area contributed by atoms with Crippen molar-refractivity contribution in [1.29, 1.82) is 0 Å². The third kappa shape index (κ3) is 2.34. The van der Waals surface area contributed by atoms with Crippen molar-refractivity contribution in [3.8, 4) is 0 Å². The molecule has 0 radical (unpaired) electrons. The van der Waals surface area contributed by atoms with Crippen LogP contribution in [0.15, 0.2) is 24.3 Å². The van der Waals surface area contributed by atoms with Crippen LogP contribution >= 0.6 is 0 Å². The molecule has 3 saturated carbocycles. The molecule has 1 aromatic carbocycles. The highest BCUT2D eigenvalue weighted by atomic mass is 16.7. The smallest absolute Gasteiger partial charge is 0.255 e. The number of carbonyl (C=O) groups excluding carboxylic acids is 2. The molecule has 1 heterocycles. The molecule has 1 aromatic rings. The monoisotopic (exact) mass is 343 g/mol. The van der Waals surface area contributed by atoms with E-state index < -0.39 is 5.66 Å². The van der Waals surface area contributed by atoms with Crippen LogP contribution in [-0.4, -0.2) is 36.7 Å². The van der Waals surface area contributed by atoms with E-state index in [9.17, 15) is 9.59 Å². The number of rotatable bonds is 2. The van der Waals surface area contributed by atoms with E-state index in [1.807, 2.05) is 24.3 Å². The Kier molecular flexibility index (Phi) is 3.58. The second-order valence-electron chi connectivity index (χ2n) is 7.97. The van der Waals surface area contributed by atoms with Gasteiger partial charge in [0.15, 0.2) is 0 Å². The molecule has 0 saturated heterocycles. The Balaban J connectivity index is 1.66. The van der Waals surface area contributed by atoms with Gasteiger partial charge in [-0.05, 0) is 43.2 Å². The van der Waals surface area contributed by atoms with Gasteiger partial charge in [0.1, 0.15) is 5.66 Å². The summed E-state index contributed by atoms with van der Waals surface area (Å²) in [6.45, 7) is 2.17. The van der Waals surface area contributed by atoms with Crippen LogP contribution in [0.25, 0.3) is 0 Å². The molecule has 25 heavy (non-hydrogen) atoms. The van der Waals surface area contributed by atoms with E-state index in [0.717, 1.165) is 31.4 Å². The maximum Gasteiger partial charge on any atom is 0.255 e. The van der Waals surface area contributed by atoms with E-state index >= 15 is 0 Å². The van der Waals surface area contributed by atoms with Gasteiger partial charge in [-0.25, -0.2) is 5.06 Å². The number of nitrogens with zero attached hydrogens (tertiary/aromatic N) is 1. The number of carbonyl (C=O) groups is 2. The lowest BCUT2D eigenvalue weighted by atomic mass is 9.51. The van der Waals surface area contributed by atoms with Gasteiger partial charge in [0.05, 0.1) is 12.7 Å².